The molecule has 2 aromatic rings. The molecule has 1 aromatic carbocycles. The van der Waals surface area contributed by atoms with Crippen molar-refractivity contribution in [2.24, 2.45) is 12.0 Å². The van der Waals surface area contributed by atoms with E-state index in [1.807, 2.05) is 31.2 Å². The van der Waals surface area contributed by atoms with Crippen molar-refractivity contribution < 1.29 is 9.47 Å². The number of aliphatic imine (C=N–C) groups is 1. The Balaban J connectivity index is 0.00000272. The Morgan fingerprint density at radius 3 is 2.65 bits per heavy atom. The first-order valence-corrected chi connectivity index (χ1v) is 10.7. The van der Waals surface area contributed by atoms with Gasteiger partial charge in [-0.3, -0.25) is 14.6 Å². The van der Waals surface area contributed by atoms with Crippen molar-refractivity contribution in [3.63, 3.8) is 0 Å². The molecule has 9 heteroatoms. The maximum Gasteiger partial charge on any atom is 0.194 e. The summed E-state index contributed by atoms with van der Waals surface area (Å²) in [6.45, 7) is 7.60. The van der Waals surface area contributed by atoms with Crippen LogP contribution in [0.25, 0.3) is 0 Å². The van der Waals surface area contributed by atoms with Crippen molar-refractivity contribution in [1.82, 2.24) is 24.9 Å². The number of halogens is 1. The number of hydrogen-bond acceptors (Lipinski definition) is 5. The summed E-state index contributed by atoms with van der Waals surface area (Å²) in [5.74, 6) is 0.911. The molecule has 3 heterocycles. The van der Waals surface area contributed by atoms with E-state index in [0.717, 1.165) is 64.0 Å². The lowest BCUT2D eigenvalue weighted by Crippen LogP contribution is -2.48. The first-order valence-electron chi connectivity index (χ1n) is 10.7. The van der Waals surface area contributed by atoms with Gasteiger partial charge >= 0.3 is 0 Å². The third kappa shape index (κ3) is 6.41. The molecule has 2 saturated heterocycles. The summed E-state index contributed by atoms with van der Waals surface area (Å²) in [4.78, 5) is 9.26. The standard InChI is InChI=1S/C22H32N6O2.HI/c1-23-22(28-9-12-30-21(17-28)20-14-25-26(2)15-20)24-13-18-5-3-4-6-19(18)16-27-7-10-29-11-8-27;/h3-6,14-15,21H,7-13,16-17H2,1-2H3,(H,23,24);1H. The molecule has 2 fully saturated rings. The largest absolute Gasteiger partial charge is 0.379 e. The van der Waals surface area contributed by atoms with Crippen LogP contribution in [0.2, 0.25) is 0 Å². The maximum absolute atomic E-state index is 5.98. The number of aromatic nitrogens is 2. The topological polar surface area (TPSA) is 67.2 Å². The van der Waals surface area contributed by atoms with Crippen LogP contribution in [0.3, 0.4) is 0 Å². The summed E-state index contributed by atoms with van der Waals surface area (Å²) in [6.07, 6.45) is 3.91. The van der Waals surface area contributed by atoms with Crippen LogP contribution in [-0.2, 0) is 29.6 Å². The molecule has 8 nitrogen and oxygen atoms in total. The zero-order chi connectivity index (χ0) is 20.8. The van der Waals surface area contributed by atoms with Gasteiger partial charge in [0.2, 0.25) is 0 Å². The van der Waals surface area contributed by atoms with Gasteiger partial charge in [-0.2, -0.15) is 5.10 Å². The third-order valence-electron chi connectivity index (χ3n) is 5.73. The van der Waals surface area contributed by atoms with E-state index in [0.29, 0.717) is 6.61 Å². The van der Waals surface area contributed by atoms with Crippen LogP contribution < -0.4 is 5.32 Å². The fraction of sp³-hybridized carbons (Fsp3) is 0.545. The predicted octanol–water partition coefficient (Wildman–Crippen LogP) is 2.02. The number of rotatable bonds is 5. The molecule has 2 aliphatic rings. The highest BCUT2D eigenvalue weighted by Gasteiger charge is 2.25. The van der Waals surface area contributed by atoms with E-state index in [4.69, 9.17) is 9.47 Å². The molecule has 0 spiro atoms. The number of hydrogen-bond donors (Lipinski definition) is 1. The molecule has 0 amide bonds. The summed E-state index contributed by atoms with van der Waals surface area (Å²) in [6, 6.07) is 8.65. The molecule has 0 saturated carbocycles. The van der Waals surface area contributed by atoms with Crippen molar-refractivity contribution in [1.29, 1.82) is 0 Å². The lowest BCUT2D eigenvalue weighted by atomic mass is 10.1. The highest BCUT2D eigenvalue weighted by atomic mass is 127. The maximum atomic E-state index is 5.98. The average molecular weight is 540 g/mol. The number of nitrogens with zero attached hydrogens (tertiary/aromatic N) is 5. The van der Waals surface area contributed by atoms with Gasteiger partial charge in [-0.1, -0.05) is 24.3 Å². The second-order valence-electron chi connectivity index (χ2n) is 7.81. The van der Waals surface area contributed by atoms with E-state index >= 15 is 0 Å². The Labute approximate surface area is 201 Å². The van der Waals surface area contributed by atoms with Crippen LogP contribution in [-0.4, -0.2) is 78.6 Å². The molecule has 0 bridgehead atoms. The molecule has 1 atom stereocenters. The SMILES string of the molecule is CN=C(NCc1ccccc1CN1CCOCC1)N1CCOC(c2cnn(C)c2)C1.I. The minimum absolute atomic E-state index is 0. The molecule has 1 unspecified atom stereocenters. The number of benzene rings is 1. The van der Waals surface area contributed by atoms with Gasteiger partial charge in [-0.25, -0.2) is 0 Å². The number of morpholine rings is 2. The van der Waals surface area contributed by atoms with Crippen molar-refractivity contribution in [2.75, 3.05) is 53.0 Å². The molecule has 4 rings (SSSR count). The van der Waals surface area contributed by atoms with Crippen LogP contribution in [0.15, 0.2) is 41.7 Å². The summed E-state index contributed by atoms with van der Waals surface area (Å²) in [7, 11) is 3.77. The van der Waals surface area contributed by atoms with Crippen LogP contribution in [0.4, 0.5) is 0 Å². The predicted molar refractivity (Wildman–Crippen MR) is 132 cm³/mol. The molecule has 0 radical (unpaired) electrons. The number of ether oxygens (including phenoxy) is 2. The van der Waals surface area contributed by atoms with Gasteiger partial charge in [0, 0.05) is 58.6 Å². The summed E-state index contributed by atoms with van der Waals surface area (Å²) >= 11 is 0. The highest BCUT2D eigenvalue weighted by Crippen LogP contribution is 2.22. The fourth-order valence-corrected chi connectivity index (χ4v) is 4.04. The lowest BCUT2D eigenvalue weighted by molar-refractivity contribution is -0.00805. The molecule has 0 aliphatic carbocycles. The van der Waals surface area contributed by atoms with E-state index in [-0.39, 0.29) is 30.1 Å². The van der Waals surface area contributed by atoms with Gasteiger partial charge in [0.25, 0.3) is 0 Å². The average Bonchev–Trinajstić information content (AvgIpc) is 3.23. The summed E-state index contributed by atoms with van der Waals surface area (Å²) in [5, 5.41) is 7.84. The van der Waals surface area contributed by atoms with Crippen molar-refractivity contribution in [2.45, 2.75) is 19.2 Å². The Morgan fingerprint density at radius 2 is 1.94 bits per heavy atom. The number of aryl methyl sites for hydroxylation is 1. The van der Waals surface area contributed by atoms with Crippen LogP contribution in [0.5, 0.6) is 0 Å². The fourth-order valence-electron chi connectivity index (χ4n) is 4.04. The van der Waals surface area contributed by atoms with Crippen molar-refractivity contribution >= 4 is 29.9 Å². The Bertz CT molecular complexity index is 852. The Morgan fingerprint density at radius 1 is 1.16 bits per heavy atom. The summed E-state index contributed by atoms with van der Waals surface area (Å²) < 4.78 is 13.3. The number of nitrogens with one attached hydrogen (secondary N) is 1. The van der Waals surface area contributed by atoms with Gasteiger partial charge < -0.3 is 19.7 Å². The molecule has 170 valence electrons. The van der Waals surface area contributed by atoms with Crippen molar-refractivity contribution in [3.8, 4) is 0 Å². The first-order chi connectivity index (χ1) is 14.7. The Kier molecular flexibility index (Phi) is 9.12. The molecule has 1 N–H and O–H groups in total. The van der Waals surface area contributed by atoms with Gasteiger partial charge in [0.15, 0.2) is 5.96 Å². The second-order valence-corrected chi connectivity index (χ2v) is 7.81. The van der Waals surface area contributed by atoms with E-state index < -0.39 is 0 Å². The monoisotopic (exact) mass is 540 g/mol. The molecular formula is C22H33IN6O2. The van der Waals surface area contributed by atoms with Gasteiger partial charge in [-0.05, 0) is 11.1 Å². The quantitative estimate of drug-likeness (QED) is 0.356. The lowest BCUT2D eigenvalue weighted by Gasteiger charge is -2.35. The van der Waals surface area contributed by atoms with E-state index in [9.17, 15) is 0 Å². The number of guanidine groups is 1. The normalized spacial score (nSPS) is 20.4. The van der Waals surface area contributed by atoms with E-state index in [1.54, 1.807) is 0 Å². The molecule has 1 aromatic heterocycles. The van der Waals surface area contributed by atoms with Gasteiger partial charge in [0.05, 0.1) is 32.6 Å². The van der Waals surface area contributed by atoms with E-state index in [1.165, 1.54) is 11.1 Å². The third-order valence-corrected chi connectivity index (χ3v) is 5.73. The van der Waals surface area contributed by atoms with Crippen LogP contribution in [0, 0.1) is 0 Å². The first kappa shape index (κ1) is 24.0. The van der Waals surface area contributed by atoms with Gasteiger partial charge in [-0.15, -0.1) is 24.0 Å². The highest BCUT2D eigenvalue weighted by molar-refractivity contribution is 14.0. The summed E-state index contributed by atoms with van der Waals surface area (Å²) in [5.41, 5.74) is 3.77. The van der Waals surface area contributed by atoms with Gasteiger partial charge in [0.1, 0.15) is 6.10 Å². The van der Waals surface area contributed by atoms with Crippen LogP contribution in [0.1, 0.15) is 22.8 Å². The Hall–Kier alpha value is -1.69. The minimum atomic E-state index is 0. The second kappa shape index (κ2) is 11.8. The van der Waals surface area contributed by atoms with E-state index in [2.05, 4.69) is 49.5 Å². The van der Waals surface area contributed by atoms with Crippen molar-refractivity contribution in [3.05, 3.63) is 53.3 Å². The minimum Gasteiger partial charge on any atom is -0.379 e. The molecule has 2 aliphatic heterocycles. The smallest absolute Gasteiger partial charge is 0.194 e. The molecule has 31 heavy (non-hydrogen) atoms. The van der Waals surface area contributed by atoms with Crippen LogP contribution >= 0.6 is 24.0 Å². The zero-order valence-electron chi connectivity index (χ0n) is 18.4. The zero-order valence-corrected chi connectivity index (χ0v) is 20.7. The molecular weight excluding hydrogens is 507 g/mol.